The van der Waals surface area contributed by atoms with Crippen molar-refractivity contribution in [1.29, 1.82) is 0 Å². The first kappa shape index (κ1) is 9.22. The van der Waals surface area contributed by atoms with Crippen molar-refractivity contribution < 1.29 is 0 Å². The van der Waals surface area contributed by atoms with Crippen molar-refractivity contribution in [3.63, 3.8) is 0 Å². The number of allylic oxidation sites excluding steroid dienone is 1. The number of hydrogen-bond donors (Lipinski definition) is 2. The van der Waals surface area contributed by atoms with Crippen molar-refractivity contribution in [2.45, 2.75) is 31.7 Å². The van der Waals surface area contributed by atoms with Crippen molar-refractivity contribution in [1.82, 2.24) is 10.6 Å². The van der Waals surface area contributed by atoms with Crippen molar-refractivity contribution >= 4 is 0 Å². The largest absolute Gasteiger partial charge is 0.316 e. The fourth-order valence-corrected chi connectivity index (χ4v) is 2.20. The lowest BCUT2D eigenvalue weighted by Gasteiger charge is -2.21. The molecule has 1 saturated heterocycles. The van der Waals surface area contributed by atoms with Crippen molar-refractivity contribution in [2.75, 3.05) is 19.6 Å². The standard InChI is InChI=1S/C11H20N2/c1-2-4-11(5-3-1)13-9-10-6-7-12-8-10/h1-2,10-13H,3-9H2. The van der Waals surface area contributed by atoms with Crippen molar-refractivity contribution in [3.05, 3.63) is 12.2 Å². The van der Waals surface area contributed by atoms with Crippen LogP contribution in [-0.2, 0) is 0 Å². The zero-order valence-corrected chi connectivity index (χ0v) is 8.26. The van der Waals surface area contributed by atoms with Gasteiger partial charge in [0, 0.05) is 6.04 Å². The number of nitrogens with one attached hydrogen (secondary N) is 2. The average molecular weight is 180 g/mol. The van der Waals surface area contributed by atoms with Crippen molar-refractivity contribution in [2.24, 2.45) is 5.92 Å². The van der Waals surface area contributed by atoms with Gasteiger partial charge in [-0.15, -0.1) is 0 Å². The van der Waals surface area contributed by atoms with E-state index in [0.717, 1.165) is 12.0 Å². The highest BCUT2D eigenvalue weighted by Crippen LogP contribution is 2.12. The molecule has 2 heteroatoms. The molecule has 2 rings (SSSR count). The molecule has 0 aromatic heterocycles. The summed E-state index contributed by atoms with van der Waals surface area (Å²) in [4.78, 5) is 0. The lowest BCUT2D eigenvalue weighted by atomic mass is 10.0. The van der Waals surface area contributed by atoms with E-state index in [1.165, 1.54) is 45.3 Å². The highest BCUT2D eigenvalue weighted by Gasteiger charge is 2.16. The van der Waals surface area contributed by atoms with Crippen LogP contribution in [0.5, 0.6) is 0 Å². The van der Waals surface area contributed by atoms with E-state index in [0.29, 0.717) is 0 Å². The zero-order chi connectivity index (χ0) is 8.93. The first-order chi connectivity index (χ1) is 6.45. The Morgan fingerprint density at radius 2 is 2.31 bits per heavy atom. The van der Waals surface area contributed by atoms with Crippen LogP contribution in [0.25, 0.3) is 0 Å². The molecule has 1 aliphatic heterocycles. The third-order valence-electron chi connectivity index (χ3n) is 3.13. The maximum absolute atomic E-state index is 3.67. The molecule has 1 aliphatic carbocycles. The summed E-state index contributed by atoms with van der Waals surface area (Å²) in [7, 11) is 0. The molecule has 0 saturated carbocycles. The van der Waals surface area contributed by atoms with Crippen LogP contribution >= 0.6 is 0 Å². The Morgan fingerprint density at radius 1 is 1.31 bits per heavy atom. The van der Waals surface area contributed by atoms with E-state index in [9.17, 15) is 0 Å². The summed E-state index contributed by atoms with van der Waals surface area (Å²) < 4.78 is 0. The molecule has 0 radical (unpaired) electrons. The minimum atomic E-state index is 0.755. The van der Waals surface area contributed by atoms with Gasteiger partial charge in [0.05, 0.1) is 0 Å². The van der Waals surface area contributed by atoms with Crippen LogP contribution in [0.4, 0.5) is 0 Å². The van der Waals surface area contributed by atoms with Gasteiger partial charge in [-0.1, -0.05) is 12.2 Å². The van der Waals surface area contributed by atoms with E-state index in [1.54, 1.807) is 0 Å². The summed E-state index contributed by atoms with van der Waals surface area (Å²) in [5.74, 6) is 0.880. The zero-order valence-electron chi connectivity index (χ0n) is 8.26. The molecule has 2 N–H and O–H groups in total. The molecule has 0 bridgehead atoms. The number of hydrogen-bond acceptors (Lipinski definition) is 2. The van der Waals surface area contributed by atoms with Crippen LogP contribution in [0.3, 0.4) is 0 Å². The SMILES string of the molecule is C1=CCC(NCC2CCNC2)CC1. The lowest BCUT2D eigenvalue weighted by molar-refractivity contribution is 0.422. The molecule has 0 amide bonds. The molecule has 0 aromatic rings. The van der Waals surface area contributed by atoms with Crippen LogP contribution in [0.15, 0.2) is 12.2 Å². The first-order valence-electron chi connectivity index (χ1n) is 5.54. The molecule has 2 aliphatic rings. The first-order valence-corrected chi connectivity index (χ1v) is 5.54. The maximum Gasteiger partial charge on any atom is 0.0105 e. The fraction of sp³-hybridized carbons (Fsp3) is 0.818. The second-order valence-electron chi connectivity index (χ2n) is 4.25. The van der Waals surface area contributed by atoms with Gasteiger partial charge in [-0.05, 0) is 51.2 Å². The molecule has 0 spiro atoms. The Bertz CT molecular complexity index is 171. The van der Waals surface area contributed by atoms with Crippen LogP contribution in [0.1, 0.15) is 25.7 Å². The Hall–Kier alpha value is -0.340. The van der Waals surface area contributed by atoms with Gasteiger partial charge in [-0.3, -0.25) is 0 Å². The molecular formula is C11H20N2. The van der Waals surface area contributed by atoms with E-state index in [2.05, 4.69) is 22.8 Å². The normalized spacial score (nSPS) is 33.8. The molecule has 2 unspecified atom stereocenters. The lowest BCUT2D eigenvalue weighted by Crippen LogP contribution is -2.34. The Balaban J connectivity index is 1.63. The summed E-state index contributed by atoms with van der Waals surface area (Å²) in [5, 5.41) is 7.08. The van der Waals surface area contributed by atoms with Crippen LogP contribution in [0, 0.1) is 5.92 Å². The molecule has 74 valence electrons. The summed E-state index contributed by atoms with van der Waals surface area (Å²) in [6.45, 7) is 3.65. The summed E-state index contributed by atoms with van der Waals surface area (Å²) >= 11 is 0. The van der Waals surface area contributed by atoms with Crippen molar-refractivity contribution in [3.8, 4) is 0 Å². The smallest absolute Gasteiger partial charge is 0.0105 e. The second-order valence-corrected chi connectivity index (χ2v) is 4.25. The molecule has 1 heterocycles. The molecule has 0 aromatic carbocycles. The highest BCUT2D eigenvalue weighted by molar-refractivity contribution is 4.93. The molecule has 2 nitrogen and oxygen atoms in total. The summed E-state index contributed by atoms with van der Waals surface area (Å²) in [6.07, 6.45) is 9.80. The Labute approximate surface area is 80.8 Å². The van der Waals surface area contributed by atoms with E-state index in [-0.39, 0.29) is 0 Å². The van der Waals surface area contributed by atoms with E-state index >= 15 is 0 Å². The van der Waals surface area contributed by atoms with Gasteiger partial charge < -0.3 is 10.6 Å². The van der Waals surface area contributed by atoms with Crippen LogP contribution < -0.4 is 10.6 Å². The summed E-state index contributed by atoms with van der Waals surface area (Å²) in [6, 6.07) is 0.755. The number of rotatable bonds is 3. The van der Waals surface area contributed by atoms with E-state index in [4.69, 9.17) is 0 Å². The predicted octanol–water partition coefficient (Wildman–Crippen LogP) is 1.29. The topological polar surface area (TPSA) is 24.1 Å². The van der Waals surface area contributed by atoms with Crippen LogP contribution in [-0.4, -0.2) is 25.7 Å². The Morgan fingerprint density at radius 3 is 3.00 bits per heavy atom. The minimum absolute atomic E-state index is 0.755. The highest BCUT2D eigenvalue weighted by atomic mass is 15.0. The van der Waals surface area contributed by atoms with E-state index < -0.39 is 0 Å². The third kappa shape index (κ3) is 2.82. The monoisotopic (exact) mass is 180 g/mol. The predicted molar refractivity (Wildman–Crippen MR) is 55.8 cm³/mol. The van der Waals surface area contributed by atoms with Gasteiger partial charge in [0.2, 0.25) is 0 Å². The molecule has 2 atom stereocenters. The van der Waals surface area contributed by atoms with Gasteiger partial charge in [0.15, 0.2) is 0 Å². The fourth-order valence-electron chi connectivity index (χ4n) is 2.20. The molecular weight excluding hydrogens is 160 g/mol. The molecule has 1 fully saturated rings. The Kier molecular flexibility index (Phi) is 3.39. The van der Waals surface area contributed by atoms with Gasteiger partial charge in [-0.25, -0.2) is 0 Å². The third-order valence-corrected chi connectivity index (χ3v) is 3.13. The quantitative estimate of drug-likeness (QED) is 0.640. The minimum Gasteiger partial charge on any atom is -0.316 e. The van der Waals surface area contributed by atoms with Gasteiger partial charge in [0.25, 0.3) is 0 Å². The average Bonchev–Trinajstić information content (AvgIpc) is 2.69. The summed E-state index contributed by atoms with van der Waals surface area (Å²) in [5.41, 5.74) is 0. The maximum atomic E-state index is 3.67. The van der Waals surface area contributed by atoms with Gasteiger partial charge >= 0.3 is 0 Å². The molecule has 13 heavy (non-hydrogen) atoms. The van der Waals surface area contributed by atoms with Gasteiger partial charge in [0.1, 0.15) is 0 Å². The second kappa shape index (κ2) is 4.77. The van der Waals surface area contributed by atoms with E-state index in [1.807, 2.05) is 0 Å². The van der Waals surface area contributed by atoms with Crippen LogP contribution in [0.2, 0.25) is 0 Å². The van der Waals surface area contributed by atoms with Gasteiger partial charge in [-0.2, -0.15) is 0 Å².